The highest BCUT2D eigenvalue weighted by molar-refractivity contribution is 5.84. The zero-order valence-corrected chi connectivity index (χ0v) is 11.6. The van der Waals surface area contributed by atoms with Crippen molar-refractivity contribution < 1.29 is 0 Å². The van der Waals surface area contributed by atoms with Gasteiger partial charge < -0.3 is 4.57 Å². The number of aryl methyl sites for hydroxylation is 2. The summed E-state index contributed by atoms with van der Waals surface area (Å²) in [6.45, 7) is 0. The zero-order chi connectivity index (χ0) is 14.6. The van der Waals surface area contributed by atoms with Crippen molar-refractivity contribution in [2.45, 2.75) is 0 Å². The van der Waals surface area contributed by atoms with Gasteiger partial charge in [0.2, 0.25) is 0 Å². The highest BCUT2D eigenvalue weighted by atomic mass is 15.3. The first kappa shape index (κ1) is 11.7. The molecule has 4 rings (SSSR count). The minimum atomic E-state index is 0.575. The monoisotopic (exact) mass is 276 g/mol. The van der Waals surface area contributed by atoms with Crippen LogP contribution in [0.15, 0.2) is 36.8 Å². The molecule has 0 fully saturated rings. The van der Waals surface area contributed by atoms with Gasteiger partial charge in [0.1, 0.15) is 11.6 Å². The molecule has 0 aliphatic rings. The van der Waals surface area contributed by atoms with E-state index in [9.17, 15) is 0 Å². The van der Waals surface area contributed by atoms with Crippen LogP contribution in [0.2, 0.25) is 0 Å². The third kappa shape index (κ3) is 1.58. The number of aromatic nitrogens is 5. The van der Waals surface area contributed by atoms with Crippen molar-refractivity contribution in [1.29, 1.82) is 5.26 Å². The molecular formula is C15H12N6. The number of nitrogens with zero attached hydrogens (tertiary/aromatic N) is 6. The summed E-state index contributed by atoms with van der Waals surface area (Å²) < 4.78 is 5.53. The Kier molecular flexibility index (Phi) is 2.21. The van der Waals surface area contributed by atoms with Gasteiger partial charge in [-0.05, 0) is 12.1 Å². The first-order valence-corrected chi connectivity index (χ1v) is 6.54. The van der Waals surface area contributed by atoms with Gasteiger partial charge in [0.05, 0.1) is 17.4 Å². The van der Waals surface area contributed by atoms with E-state index >= 15 is 0 Å². The van der Waals surface area contributed by atoms with Crippen LogP contribution in [0.3, 0.4) is 0 Å². The van der Waals surface area contributed by atoms with Crippen molar-refractivity contribution in [2.75, 3.05) is 0 Å². The molecule has 3 aromatic heterocycles. The average molecular weight is 276 g/mol. The largest absolute Gasteiger partial charge is 0.333 e. The van der Waals surface area contributed by atoms with E-state index < -0.39 is 0 Å². The maximum Gasteiger partial charge on any atom is 0.154 e. The van der Waals surface area contributed by atoms with Crippen LogP contribution >= 0.6 is 0 Å². The van der Waals surface area contributed by atoms with Gasteiger partial charge in [0.25, 0.3) is 0 Å². The molecule has 4 aromatic rings. The van der Waals surface area contributed by atoms with Crippen molar-refractivity contribution in [3.8, 4) is 17.3 Å². The predicted octanol–water partition coefficient (Wildman–Crippen LogP) is 2.10. The van der Waals surface area contributed by atoms with Gasteiger partial charge in [0, 0.05) is 37.4 Å². The summed E-state index contributed by atoms with van der Waals surface area (Å²) in [6, 6.07) is 8.28. The van der Waals surface area contributed by atoms with Gasteiger partial charge >= 0.3 is 0 Å². The third-order valence-electron chi connectivity index (χ3n) is 3.66. The van der Waals surface area contributed by atoms with Crippen LogP contribution in [0.25, 0.3) is 27.8 Å². The number of hydrogen-bond donors (Lipinski definition) is 0. The maximum atomic E-state index is 9.15. The smallest absolute Gasteiger partial charge is 0.154 e. The van der Waals surface area contributed by atoms with E-state index in [1.165, 1.54) is 0 Å². The Morgan fingerprint density at radius 2 is 2.05 bits per heavy atom. The molecule has 102 valence electrons. The molecule has 0 amide bonds. The topological polar surface area (TPSA) is 63.8 Å². The molecule has 0 atom stereocenters. The lowest BCUT2D eigenvalue weighted by atomic mass is 10.1. The third-order valence-corrected chi connectivity index (χ3v) is 3.66. The summed E-state index contributed by atoms with van der Waals surface area (Å²) in [6.07, 6.45) is 5.57. The van der Waals surface area contributed by atoms with Gasteiger partial charge in [-0.15, -0.1) is 0 Å². The van der Waals surface area contributed by atoms with Crippen molar-refractivity contribution in [3.63, 3.8) is 0 Å². The zero-order valence-electron chi connectivity index (χ0n) is 11.6. The first-order chi connectivity index (χ1) is 10.2. The maximum absolute atomic E-state index is 9.15. The van der Waals surface area contributed by atoms with Gasteiger partial charge in [-0.2, -0.15) is 15.5 Å². The summed E-state index contributed by atoms with van der Waals surface area (Å²) in [7, 11) is 3.83. The van der Waals surface area contributed by atoms with Crippen molar-refractivity contribution in [1.82, 2.24) is 24.0 Å². The highest BCUT2D eigenvalue weighted by Crippen LogP contribution is 2.26. The summed E-state index contributed by atoms with van der Waals surface area (Å²) in [5.41, 5.74) is 4.35. The fourth-order valence-corrected chi connectivity index (χ4v) is 2.74. The van der Waals surface area contributed by atoms with Crippen LogP contribution in [0.1, 0.15) is 5.56 Å². The van der Waals surface area contributed by atoms with Crippen LogP contribution in [-0.4, -0.2) is 24.0 Å². The highest BCUT2D eigenvalue weighted by Gasteiger charge is 2.14. The Labute approximate surface area is 120 Å². The average Bonchev–Trinajstić information content (AvgIpc) is 3.12. The minimum Gasteiger partial charge on any atom is -0.333 e. The molecule has 0 N–H and O–H groups in total. The quantitative estimate of drug-likeness (QED) is 0.535. The minimum absolute atomic E-state index is 0.575. The normalized spacial score (nSPS) is 11.3. The number of benzene rings is 1. The number of rotatable bonds is 1. The Morgan fingerprint density at radius 3 is 2.86 bits per heavy atom. The van der Waals surface area contributed by atoms with Gasteiger partial charge in [-0.1, -0.05) is 6.07 Å². The lowest BCUT2D eigenvalue weighted by Crippen LogP contribution is -1.88. The lowest BCUT2D eigenvalue weighted by Gasteiger charge is -1.98. The van der Waals surface area contributed by atoms with Gasteiger partial charge in [0.15, 0.2) is 5.65 Å². The molecule has 0 saturated carbocycles. The molecule has 0 aliphatic carbocycles. The molecule has 0 unspecified atom stereocenters. The van der Waals surface area contributed by atoms with E-state index in [1.54, 1.807) is 15.4 Å². The number of imidazole rings is 1. The van der Waals surface area contributed by atoms with Crippen molar-refractivity contribution >= 4 is 16.6 Å². The second kappa shape index (κ2) is 3.96. The van der Waals surface area contributed by atoms with E-state index in [0.29, 0.717) is 5.56 Å². The lowest BCUT2D eigenvalue weighted by molar-refractivity contribution is 0.780. The molecule has 0 spiro atoms. The van der Waals surface area contributed by atoms with Gasteiger partial charge in [-0.25, -0.2) is 4.52 Å². The Hall–Kier alpha value is -3.07. The van der Waals surface area contributed by atoms with Gasteiger partial charge in [-0.3, -0.25) is 4.68 Å². The molecule has 0 saturated heterocycles. The standard InChI is InChI=1S/C15H12N6/c1-19-9-14(21-15(19)12(6-16)7-17-21)10-3-4-13-11(5-10)8-20(2)18-13/h3-5,7-9H,1-2H3. The van der Waals surface area contributed by atoms with E-state index in [4.69, 9.17) is 5.26 Å². The van der Waals surface area contributed by atoms with Crippen molar-refractivity contribution in [3.05, 3.63) is 42.4 Å². The molecule has 0 radical (unpaired) electrons. The molecular weight excluding hydrogens is 264 g/mol. The Balaban J connectivity index is 1.99. The number of fused-ring (bicyclic) bond motifs is 2. The Morgan fingerprint density at radius 1 is 1.19 bits per heavy atom. The van der Waals surface area contributed by atoms with E-state index in [1.807, 2.05) is 43.2 Å². The predicted molar refractivity (Wildman–Crippen MR) is 78.6 cm³/mol. The summed E-state index contributed by atoms with van der Waals surface area (Å²) in [5.74, 6) is 0. The van der Waals surface area contributed by atoms with Crippen LogP contribution in [0.5, 0.6) is 0 Å². The van der Waals surface area contributed by atoms with Crippen LogP contribution < -0.4 is 0 Å². The molecule has 21 heavy (non-hydrogen) atoms. The fourth-order valence-electron chi connectivity index (χ4n) is 2.74. The SMILES string of the molecule is Cn1cc2cc(-c3cn(C)c4c(C#N)cnn34)ccc2n1. The second-order valence-electron chi connectivity index (χ2n) is 5.11. The molecule has 6 nitrogen and oxygen atoms in total. The molecule has 3 heterocycles. The molecule has 0 bridgehead atoms. The molecule has 1 aromatic carbocycles. The molecule has 0 aliphatic heterocycles. The number of nitriles is 1. The van der Waals surface area contributed by atoms with Crippen LogP contribution in [0.4, 0.5) is 0 Å². The fraction of sp³-hybridized carbons (Fsp3) is 0.133. The number of hydrogen-bond acceptors (Lipinski definition) is 3. The summed E-state index contributed by atoms with van der Waals surface area (Å²) >= 11 is 0. The van der Waals surface area contributed by atoms with Crippen molar-refractivity contribution in [2.24, 2.45) is 14.1 Å². The second-order valence-corrected chi connectivity index (χ2v) is 5.11. The van der Waals surface area contributed by atoms with Crippen LogP contribution in [-0.2, 0) is 14.1 Å². The summed E-state index contributed by atoms with van der Waals surface area (Å²) in [4.78, 5) is 0. The van der Waals surface area contributed by atoms with E-state index in [0.717, 1.165) is 27.8 Å². The molecule has 6 heteroatoms. The Bertz CT molecular complexity index is 1020. The summed E-state index contributed by atoms with van der Waals surface area (Å²) in [5, 5.41) is 18.9. The van der Waals surface area contributed by atoms with E-state index in [2.05, 4.69) is 22.3 Å². The van der Waals surface area contributed by atoms with Crippen LogP contribution in [0, 0.1) is 11.3 Å². The first-order valence-electron chi connectivity index (χ1n) is 6.54. The van der Waals surface area contributed by atoms with E-state index in [-0.39, 0.29) is 0 Å².